The number of carboxylic acid groups (broad SMARTS) is 1. The lowest BCUT2D eigenvalue weighted by molar-refractivity contribution is -0.139. The SMILES string of the molecule is O=C(O)[C@@H]1C[C@@H]1c1ccc(-c2cccc(C(F)(F)F)c2)o1. The quantitative estimate of drug-likeness (QED) is 0.925. The highest BCUT2D eigenvalue weighted by Crippen LogP contribution is 2.48. The van der Waals surface area contributed by atoms with Crippen LogP contribution >= 0.6 is 0 Å². The van der Waals surface area contributed by atoms with Crippen LogP contribution in [0.4, 0.5) is 13.2 Å². The summed E-state index contributed by atoms with van der Waals surface area (Å²) < 4.78 is 43.5. The Kier molecular flexibility index (Phi) is 3.04. The largest absolute Gasteiger partial charge is 0.481 e. The van der Waals surface area contributed by atoms with Gasteiger partial charge in [0.2, 0.25) is 0 Å². The van der Waals surface area contributed by atoms with E-state index in [1.807, 2.05) is 0 Å². The molecule has 21 heavy (non-hydrogen) atoms. The van der Waals surface area contributed by atoms with Gasteiger partial charge in [-0.3, -0.25) is 4.79 Å². The van der Waals surface area contributed by atoms with Gasteiger partial charge in [-0.1, -0.05) is 12.1 Å². The predicted molar refractivity (Wildman–Crippen MR) is 67.6 cm³/mol. The lowest BCUT2D eigenvalue weighted by Crippen LogP contribution is -2.04. The summed E-state index contributed by atoms with van der Waals surface area (Å²) >= 11 is 0. The lowest BCUT2D eigenvalue weighted by atomic mass is 10.1. The summed E-state index contributed by atoms with van der Waals surface area (Å²) in [6, 6.07) is 8.06. The van der Waals surface area contributed by atoms with Gasteiger partial charge in [-0.2, -0.15) is 13.2 Å². The van der Waals surface area contributed by atoms with E-state index in [1.54, 1.807) is 12.1 Å². The van der Waals surface area contributed by atoms with E-state index in [-0.39, 0.29) is 5.92 Å². The van der Waals surface area contributed by atoms with Crippen LogP contribution in [0, 0.1) is 5.92 Å². The van der Waals surface area contributed by atoms with Crippen molar-refractivity contribution >= 4 is 5.97 Å². The van der Waals surface area contributed by atoms with Crippen molar-refractivity contribution in [1.82, 2.24) is 0 Å². The standard InChI is InChI=1S/C15H11F3O3/c16-15(17,18)9-3-1-2-8(6-9)12-4-5-13(21-12)10-7-11(10)14(19)20/h1-6,10-11H,7H2,(H,19,20)/t10-,11+/m0/s1. The van der Waals surface area contributed by atoms with Gasteiger partial charge in [-0.15, -0.1) is 0 Å². The fourth-order valence-corrected chi connectivity index (χ4v) is 2.34. The summed E-state index contributed by atoms with van der Waals surface area (Å²) in [5.41, 5.74) is -0.420. The molecule has 0 amide bonds. The number of rotatable bonds is 3. The van der Waals surface area contributed by atoms with Crippen LogP contribution in [0.25, 0.3) is 11.3 Å². The van der Waals surface area contributed by atoms with Crippen molar-refractivity contribution in [3.63, 3.8) is 0 Å². The highest BCUT2D eigenvalue weighted by molar-refractivity contribution is 5.75. The van der Waals surface area contributed by atoms with Crippen molar-refractivity contribution in [2.45, 2.75) is 18.5 Å². The number of hydrogen-bond acceptors (Lipinski definition) is 2. The van der Waals surface area contributed by atoms with E-state index in [4.69, 9.17) is 9.52 Å². The van der Waals surface area contributed by atoms with Crippen molar-refractivity contribution in [2.24, 2.45) is 5.92 Å². The van der Waals surface area contributed by atoms with E-state index in [0.29, 0.717) is 23.5 Å². The Morgan fingerprint density at radius 2 is 2.00 bits per heavy atom. The number of carboxylic acids is 1. The van der Waals surface area contributed by atoms with Crippen molar-refractivity contribution < 1.29 is 27.5 Å². The molecule has 2 aromatic rings. The van der Waals surface area contributed by atoms with Gasteiger partial charge in [0, 0.05) is 11.5 Å². The van der Waals surface area contributed by atoms with Crippen LogP contribution in [0.3, 0.4) is 0 Å². The summed E-state index contributed by atoms with van der Waals surface area (Å²) in [4.78, 5) is 10.8. The monoisotopic (exact) mass is 296 g/mol. The third kappa shape index (κ3) is 2.66. The minimum absolute atomic E-state index is 0.179. The molecule has 1 N–H and O–H groups in total. The van der Waals surface area contributed by atoms with E-state index >= 15 is 0 Å². The molecule has 0 spiro atoms. The summed E-state index contributed by atoms with van der Waals surface area (Å²) in [6.07, 6.45) is -3.90. The molecule has 0 unspecified atom stereocenters. The number of hydrogen-bond donors (Lipinski definition) is 1. The fraction of sp³-hybridized carbons (Fsp3) is 0.267. The van der Waals surface area contributed by atoms with Crippen LogP contribution in [0.1, 0.15) is 23.7 Å². The van der Waals surface area contributed by atoms with Crippen molar-refractivity contribution in [1.29, 1.82) is 0 Å². The smallest absolute Gasteiger partial charge is 0.416 e. The first-order chi connectivity index (χ1) is 9.86. The number of aliphatic carboxylic acids is 1. The maximum atomic E-state index is 12.7. The van der Waals surface area contributed by atoms with Gasteiger partial charge in [0.1, 0.15) is 11.5 Å². The minimum atomic E-state index is -4.41. The average Bonchev–Trinajstić information content (AvgIpc) is 3.08. The van der Waals surface area contributed by atoms with E-state index in [9.17, 15) is 18.0 Å². The molecule has 0 saturated heterocycles. The van der Waals surface area contributed by atoms with Crippen molar-refractivity contribution in [3.05, 3.63) is 47.7 Å². The van der Waals surface area contributed by atoms with Crippen molar-refractivity contribution in [3.8, 4) is 11.3 Å². The third-order valence-electron chi connectivity index (χ3n) is 3.57. The van der Waals surface area contributed by atoms with Crippen LogP contribution < -0.4 is 0 Å². The lowest BCUT2D eigenvalue weighted by Gasteiger charge is -2.07. The van der Waals surface area contributed by atoms with E-state index < -0.39 is 23.6 Å². The molecule has 1 heterocycles. The average molecular weight is 296 g/mol. The normalized spacial score (nSPS) is 21.3. The molecule has 3 rings (SSSR count). The van der Waals surface area contributed by atoms with E-state index in [0.717, 1.165) is 12.1 Å². The van der Waals surface area contributed by atoms with Gasteiger partial charge < -0.3 is 9.52 Å². The zero-order valence-electron chi connectivity index (χ0n) is 10.7. The second kappa shape index (κ2) is 4.65. The molecular formula is C15H11F3O3. The zero-order valence-corrected chi connectivity index (χ0v) is 10.7. The molecule has 1 aliphatic rings. The molecule has 0 bridgehead atoms. The maximum Gasteiger partial charge on any atom is 0.416 e. The molecule has 2 atom stereocenters. The van der Waals surface area contributed by atoms with E-state index in [2.05, 4.69) is 0 Å². The van der Waals surface area contributed by atoms with Crippen LogP contribution in [0.2, 0.25) is 0 Å². The van der Waals surface area contributed by atoms with Crippen LogP contribution in [0.15, 0.2) is 40.8 Å². The first-order valence-electron chi connectivity index (χ1n) is 6.36. The molecule has 6 heteroatoms. The third-order valence-corrected chi connectivity index (χ3v) is 3.57. The summed E-state index contributed by atoms with van der Waals surface area (Å²) in [6.45, 7) is 0. The second-order valence-electron chi connectivity index (χ2n) is 5.07. The molecule has 1 fully saturated rings. The maximum absolute atomic E-state index is 12.7. The Hall–Kier alpha value is -2.24. The zero-order chi connectivity index (χ0) is 15.2. The minimum Gasteiger partial charge on any atom is -0.481 e. The van der Waals surface area contributed by atoms with Gasteiger partial charge in [-0.25, -0.2) is 0 Å². The van der Waals surface area contributed by atoms with Gasteiger partial charge in [-0.05, 0) is 30.7 Å². The molecule has 1 aliphatic carbocycles. The Morgan fingerprint density at radius 1 is 1.24 bits per heavy atom. The molecule has 1 aromatic heterocycles. The number of alkyl halides is 3. The first-order valence-corrected chi connectivity index (χ1v) is 6.36. The van der Waals surface area contributed by atoms with E-state index in [1.165, 1.54) is 12.1 Å². The number of furan rings is 1. The van der Waals surface area contributed by atoms with Crippen LogP contribution in [-0.2, 0) is 11.0 Å². The molecular weight excluding hydrogens is 285 g/mol. The Bertz CT molecular complexity index is 687. The Morgan fingerprint density at radius 3 is 2.62 bits per heavy atom. The second-order valence-corrected chi connectivity index (χ2v) is 5.07. The Labute approximate surface area is 118 Å². The fourth-order valence-electron chi connectivity index (χ4n) is 2.34. The molecule has 0 aliphatic heterocycles. The summed E-state index contributed by atoms with van der Waals surface area (Å²) in [5, 5.41) is 8.87. The molecule has 3 nitrogen and oxygen atoms in total. The van der Waals surface area contributed by atoms with Gasteiger partial charge in [0.05, 0.1) is 11.5 Å². The van der Waals surface area contributed by atoms with Crippen LogP contribution in [0.5, 0.6) is 0 Å². The summed E-state index contributed by atoms with van der Waals surface area (Å²) in [7, 11) is 0. The van der Waals surface area contributed by atoms with Crippen molar-refractivity contribution in [2.75, 3.05) is 0 Å². The summed E-state index contributed by atoms with van der Waals surface area (Å²) in [5.74, 6) is -0.688. The highest BCUT2D eigenvalue weighted by Gasteiger charge is 2.46. The molecule has 0 radical (unpaired) electrons. The molecule has 1 aromatic carbocycles. The molecule has 1 saturated carbocycles. The number of halogens is 3. The van der Waals surface area contributed by atoms with Gasteiger partial charge in [0.25, 0.3) is 0 Å². The van der Waals surface area contributed by atoms with Gasteiger partial charge in [0.15, 0.2) is 0 Å². The first kappa shape index (κ1) is 13.7. The highest BCUT2D eigenvalue weighted by atomic mass is 19.4. The predicted octanol–water partition coefficient (Wildman–Crippen LogP) is 4.15. The topological polar surface area (TPSA) is 50.4 Å². The number of benzene rings is 1. The van der Waals surface area contributed by atoms with Crippen LogP contribution in [-0.4, -0.2) is 11.1 Å². The number of carbonyl (C=O) groups is 1. The molecule has 110 valence electrons. The van der Waals surface area contributed by atoms with Gasteiger partial charge >= 0.3 is 12.1 Å². The Balaban J connectivity index is 1.86.